The summed E-state index contributed by atoms with van der Waals surface area (Å²) in [6.45, 7) is 3.88. The normalized spacial score (nSPS) is 16.0. The lowest BCUT2D eigenvalue weighted by atomic mass is 10.1. The Labute approximate surface area is 168 Å². The van der Waals surface area contributed by atoms with Crippen LogP contribution in [0.25, 0.3) is 0 Å². The molecule has 6 nitrogen and oxygen atoms in total. The molecular formula is C22H32N6. The summed E-state index contributed by atoms with van der Waals surface area (Å²) in [4.78, 5) is 13.4. The molecule has 0 spiro atoms. The Morgan fingerprint density at radius 3 is 2.57 bits per heavy atom. The van der Waals surface area contributed by atoms with Gasteiger partial charge in [-0.3, -0.25) is 9.89 Å². The van der Waals surface area contributed by atoms with Gasteiger partial charge in [-0.1, -0.05) is 30.3 Å². The molecular weight excluding hydrogens is 348 g/mol. The van der Waals surface area contributed by atoms with Crippen molar-refractivity contribution >= 4 is 11.8 Å². The van der Waals surface area contributed by atoms with Gasteiger partial charge in [0.25, 0.3) is 0 Å². The molecule has 0 bridgehead atoms. The first-order chi connectivity index (χ1) is 13.7. The van der Waals surface area contributed by atoms with E-state index in [4.69, 9.17) is 0 Å². The van der Waals surface area contributed by atoms with E-state index in [0.717, 1.165) is 31.4 Å². The van der Waals surface area contributed by atoms with Crippen molar-refractivity contribution in [2.24, 2.45) is 4.99 Å². The summed E-state index contributed by atoms with van der Waals surface area (Å²) in [5, 5.41) is 6.95. The first-order valence-corrected chi connectivity index (χ1v) is 10.0. The number of aliphatic imine (C=N–C) groups is 1. The van der Waals surface area contributed by atoms with E-state index in [9.17, 15) is 0 Å². The fourth-order valence-corrected chi connectivity index (χ4v) is 3.60. The van der Waals surface area contributed by atoms with Gasteiger partial charge in [-0.25, -0.2) is 4.98 Å². The smallest absolute Gasteiger partial charge is 0.191 e. The van der Waals surface area contributed by atoms with Gasteiger partial charge in [0.2, 0.25) is 0 Å². The lowest BCUT2D eigenvalue weighted by Gasteiger charge is -2.29. The van der Waals surface area contributed by atoms with Crippen LogP contribution >= 0.6 is 0 Å². The van der Waals surface area contributed by atoms with Gasteiger partial charge in [0.1, 0.15) is 5.82 Å². The lowest BCUT2D eigenvalue weighted by molar-refractivity contribution is 0.245. The highest BCUT2D eigenvalue weighted by atomic mass is 15.2. The summed E-state index contributed by atoms with van der Waals surface area (Å²) in [5.74, 6) is 1.78. The minimum Gasteiger partial charge on any atom is -0.363 e. The van der Waals surface area contributed by atoms with Crippen molar-refractivity contribution in [3.05, 3.63) is 59.8 Å². The topological polar surface area (TPSA) is 55.8 Å². The van der Waals surface area contributed by atoms with Crippen molar-refractivity contribution in [3.8, 4) is 0 Å². The van der Waals surface area contributed by atoms with E-state index in [2.05, 4.69) is 61.9 Å². The van der Waals surface area contributed by atoms with Crippen molar-refractivity contribution in [2.75, 3.05) is 45.7 Å². The maximum Gasteiger partial charge on any atom is 0.191 e. The minimum atomic E-state index is 0.364. The monoisotopic (exact) mass is 380 g/mol. The number of nitrogens with zero attached hydrogens (tertiary/aromatic N) is 4. The molecule has 0 radical (unpaired) electrons. The molecule has 0 saturated carbocycles. The van der Waals surface area contributed by atoms with Crippen LogP contribution in [0, 0.1) is 0 Å². The summed E-state index contributed by atoms with van der Waals surface area (Å²) in [7, 11) is 5.82. The molecule has 1 unspecified atom stereocenters. The Morgan fingerprint density at radius 1 is 1.14 bits per heavy atom. The van der Waals surface area contributed by atoms with Gasteiger partial charge in [-0.05, 0) is 49.2 Å². The molecule has 2 N–H and O–H groups in total. The van der Waals surface area contributed by atoms with Gasteiger partial charge in [-0.2, -0.15) is 0 Å². The number of benzene rings is 1. The number of guanidine groups is 1. The summed E-state index contributed by atoms with van der Waals surface area (Å²) in [6.07, 6.45) is 4.42. The predicted molar refractivity (Wildman–Crippen MR) is 117 cm³/mol. The molecule has 1 fully saturated rings. The standard InChI is InChI=1S/C22H32N6/c1-23-22(25-16-18-11-12-24-21(15-18)27(2)3)26-17-20(28-13-7-8-14-28)19-9-5-4-6-10-19/h4-6,9-12,15,20H,7-8,13-14,16-17H2,1-3H3,(H2,23,25,26). The summed E-state index contributed by atoms with van der Waals surface area (Å²) in [5.41, 5.74) is 2.54. The fourth-order valence-electron chi connectivity index (χ4n) is 3.60. The van der Waals surface area contributed by atoms with Gasteiger partial charge >= 0.3 is 0 Å². The highest BCUT2D eigenvalue weighted by Gasteiger charge is 2.23. The van der Waals surface area contributed by atoms with Crippen molar-refractivity contribution in [3.63, 3.8) is 0 Å². The number of anilines is 1. The maximum atomic E-state index is 4.40. The summed E-state index contributed by atoms with van der Waals surface area (Å²) >= 11 is 0. The van der Waals surface area contributed by atoms with E-state index in [0.29, 0.717) is 12.6 Å². The van der Waals surface area contributed by atoms with Crippen LogP contribution in [0.1, 0.15) is 30.0 Å². The number of likely N-dealkylation sites (tertiary alicyclic amines) is 1. The Hall–Kier alpha value is -2.60. The lowest BCUT2D eigenvalue weighted by Crippen LogP contribution is -2.42. The van der Waals surface area contributed by atoms with Crippen LogP contribution < -0.4 is 15.5 Å². The Balaban J connectivity index is 1.59. The zero-order valence-electron chi connectivity index (χ0n) is 17.2. The van der Waals surface area contributed by atoms with Gasteiger partial charge in [0.05, 0.1) is 6.04 Å². The molecule has 1 atom stereocenters. The fraction of sp³-hybridized carbons (Fsp3) is 0.455. The van der Waals surface area contributed by atoms with E-state index in [1.165, 1.54) is 24.0 Å². The van der Waals surface area contributed by atoms with Gasteiger partial charge < -0.3 is 15.5 Å². The Kier molecular flexibility index (Phi) is 7.25. The van der Waals surface area contributed by atoms with E-state index in [1.54, 1.807) is 0 Å². The predicted octanol–water partition coefficient (Wildman–Crippen LogP) is 2.65. The second kappa shape index (κ2) is 10.1. The van der Waals surface area contributed by atoms with Crippen LogP contribution in [-0.4, -0.2) is 56.6 Å². The van der Waals surface area contributed by atoms with Crippen molar-refractivity contribution in [1.82, 2.24) is 20.5 Å². The van der Waals surface area contributed by atoms with Gasteiger partial charge in [-0.15, -0.1) is 0 Å². The van der Waals surface area contributed by atoms with Crippen LogP contribution in [0.2, 0.25) is 0 Å². The third-order valence-electron chi connectivity index (χ3n) is 5.18. The first kappa shape index (κ1) is 20.1. The highest BCUT2D eigenvalue weighted by Crippen LogP contribution is 2.24. The van der Waals surface area contributed by atoms with Crippen molar-refractivity contribution in [2.45, 2.75) is 25.4 Å². The molecule has 28 heavy (non-hydrogen) atoms. The molecule has 2 heterocycles. The van der Waals surface area contributed by atoms with E-state index >= 15 is 0 Å². The van der Waals surface area contributed by atoms with Crippen LogP contribution in [0.15, 0.2) is 53.7 Å². The molecule has 0 amide bonds. The van der Waals surface area contributed by atoms with E-state index < -0.39 is 0 Å². The molecule has 1 aromatic carbocycles. The number of hydrogen-bond acceptors (Lipinski definition) is 4. The zero-order chi connectivity index (χ0) is 19.8. The number of aromatic nitrogens is 1. The number of hydrogen-bond donors (Lipinski definition) is 2. The zero-order valence-corrected chi connectivity index (χ0v) is 17.2. The summed E-state index contributed by atoms with van der Waals surface area (Å²) in [6, 6.07) is 15.3. The van der Waals surface area contributed by atoms with Crippen molar-refractivity contribution in [1.29, 1.82) is 0 Å². The van der Waals surface area contributed by atoms with Crippen LogP contribution in [0.3, 0.4) is 0 Å². The third kappa shape index (κ3) is 5.45. The van der Waals surface area contributed by atoms with Crippen molar-refractivity contribution < 1.29 is 0 Å². The molecule has 0 aliphatic carbocycles. The number of nitrogens with one attached hydrogen (secondary N) is 2. The second-order valence-electron chi connectivity index (χ2n) is 7.39. The molecule has 6 heteroatoms. The summed E-state index contributed by atoms with van der Waals surface area (Å²) < 4.78 is 0. The molecule has 1 aromatic heterocycles. The molecule has 1 aliphatic heterocycles. The maximum absolute atomic E-state index is 4.40. The second-order valence-corrected chi connectivity index (χ2v) is 7.39. The molecule has 2 aromatic rings. The van der Waals surface area contributed by atoms with Gasteiger partial charge in [0.15, 0.2) is 5.96 Å². The minimum absolute atomic E-state index is 0.364. The van der Waals surface area contributed by atoms with Crippen LogP contribution in [0.4, 0.5) is 5.82 Å². The molecule has 3 rings (SSSR count). The first-order valence-electron chi connectivity index (χ1n) is 10.0. The average Bonchev–Trinajstić information content (AvgIpc) is 3.26. The molecule has 150 valence electrons. The number of rotatable bonds is 7. The largest absolute Gasteiger partial charge is 0.363 e. The van der Waals surface area contributed by atoms with E-state index in [-0.39, 0.29) is 0 Å². The highest BCUT2D eigenvalue weighted by molar-refractivity contribution is 5.79. The molecule has 1 aliphatic rings. The van der Waals surface area contributed by atoms with E-state index in [1.807, 2.05) is 38.3 Å². The Morgan fingerprint density at radius 2 is 1.89 bits per heavy atom. The number of pyridine rings is 1. The van der Waals surface area contributed by atoms with Crippen LogP contribution in [0.5, 0.6) is 0 Å². The SMILES string of the molecule is CN=C(NCc1ccnc(N(C)C)c1)NCC(c1ccccc1)N1CCCC1. The average molecular weight is 381 g/mol. The van der Waals surface area contributed by atoms with Crippen LogP contribution in [-0.2, 0) is 6.54 Å². The third-order valence-corrected chi connectivity index (χ3v) is 5.18. The quantitative estimate of drug-likeness (QED) is 0.571. The van der Waals surface area contributed by atoms with Gasteiger partial charge in [0, 0.05) is 40.4 Å². The Bertz CT molecular complexity index is 753. The molecule has 1 saturated heterocycles.